The fourth-order valence-electron chi connectivity index (χ4n) is 1.78. The van der Waals surface area contributed by atoms with E-state index in [1.165, 1.54) is 6.07 Å². The van der Waals surface area contributed by atoms with Gasteiger partial charge >= 0.3 is 0 Å². The largest absolute Gasteiger partial charge is 0.449 e. The fraction of sp³-hybridized carbons (Fsp3) is 0. The second-order valence-electron chi connectivity index (χ2n) is 3.95. The molecule has 2 aromatic rings. The Balaban J connectivity index is 2.21. The van der Waals surface area contributed by atoms with Crippen molar-refractivity contribution in [3.05, 3.63) is 47.3 Å². The zero-order chi connectivity index (χ0) is 15.1. The maximum absolute atomic E-state index is 8.69. The summed E-state index contributed by atoms with van der Waals surface area (Å²) in [6, 6.07) is 4.66. The Morgan fingerprint density at radius 2 is 1.52 bits per heavy atom. The van der Waals surface area contributed by atoms with Crippen LogP contribution in [0.2, 0.25) is 15.1 Å². The van der Waals surface area contributed by atoms with Crippen LogP contribution in [-0.2, 0) is 0 Å². The first-order valence-electron chi connectivity index (χ1n) is 5.43. The monoisotopic (exact) mass is 453 g/mol. The molecule has 1 aliphatic heterocycles. The van der Waals surface area contributed by atoms with Crippen LogP contribution < -0.4 is 9.47 Å². The van der Waals surface area contributed by atoms with Gasteiger partial charge in [-0.15, -0.1) is 0 Å². The third-order valence-electron chi connectivity index (χ3n) is 2.68. The summed E-state index contributed by atoms with van der Waals surface area (Å²) in [6.45, 7) is 0. The highest BCUT2D eigenvalue weighted by molar-refractivity contribution is 14.1. The number of fused-ring (bicyclic) bond motifs is 2. The van der Waals surface area contributed by atoms with E-state index in [4.69, 9.17) is 49.8 Å². The summed E-state index contributed by atoms with van der Waals surface area (Å²) in [5.41, 5.74) is 8.95. The molecule has 0 aromatic heterocycles. The van der Waals surface area contributed by atoms with E-state index in [0.29, 0.717) is 35.9 Å². The number of hydrogen-bond acceptors (Lipinski definition) is 3. The Labute approximate surface area is 147 Å². The summed E-state index contributed by atoms with van der Waals surface area (Å²) in [6.07, 6.45) is 0. The van der Waals surface area contributed by atoms with E-state index < -0.39 is 0 Å². The Morgan fingerprint density at radius 1 is 0.952 bits per heavy atom. The highest BCUT2D eigenvalue weighted by Crippen LogP contribution is 2.54. The number of nitrogens with zero attached hydrogens (tertiary/aromatic N) is 3. The lowest BCUT2D eigenvalue weighted by molar-refractivity contribution is 0.360. The fourth-order valence-corrected chi connectivity index (χ4v) is 2.78. The summed E-state index contributed by atoms with van der Waals surface area (Å²) in [5, 5.41) is 4.68. The molecule has 2 aromatic carbocycles. The van der Waals surface area contributed by atoms with Crippen LogP contribution in [0, 0.1) is 3.57 Å². The van der Waals surface area contributed by atoms with Gasteiger partial charge in [0, 0.05) is 26.7 Å². The standard InChI is InChI=1S/C12H3Cl3IN3O2/c13-4-1-7-8(2-5(4)14)21-12-9(20-7)3-6(15)10(16)11(12)18-19-17/h1-3H. The lowest BCUT2D eigenvalue weighted by Crippen LogP contribution is -2.00. The van der Waals surface area contributed by atoms with Gasteiger partial charge in [0.05, 0.1) is 20.8 Å². The Kier molecular flexibility index (Phi) is 3.98. The van der Waals surface area contributed by atoms with Crippen LogP contribution in [0.15, 0.2) is 23.3 Å². The average molecular weight is 454 g/mol. The minimum absolute atomic E-state index is 0.261. The molecule has 0 radical (unpaired) electrons. The van der Waals surface area contributed by atoms with Gasteiger partial charge in [0.25, 0.3) is 0 Å². The molecule has 9 heteroatoms. The zero-order valence-electron chi connectivity index (χ0n) is 9.90. The van der Waals surface area contributed by atoms with Crippen molar-refractivity contribution in [2.75, 3.05) is 0 Å². The number of rotatable bonds is 1. The predicted molar refractivity (Wildman–Crippen MR) is 89.6 cm³/mol. The van der Waals surface area contributed by atoms with Crippen LogP contribution in [0.4, 0.5) is 5.69 Å². The second-order valence-corrected chi connectivity index (χ2v) is 6.26. The summed E-state index contributed by atoms with van der Waals surface area (Å²) in [7, 11) is 0. The first-order chi connectivity index (χ1) is 10.0. The van der Waals surface area contributed by atoms with Crippen molar-refractivity contribution in [1.82, 2.24) is 0 Å². The van der Waals surface area contributed by atoms with Gasteiger partial charge in [-0.3, -0.25) is 0 Å². The molecule has 5 nitrogen and oxygen atoms in total. The topological polar surface area (TPSA) is 67.2 Å². The van der Waals surface area contributed by atoms with E-state index in [1.807, 2.05) is 22.6 Å². The first kappa shape index (κ1) is 14.9. The minimum Gasteiger partial charge on any atom is -0.449 e. The van der Waals surface area contributed by atoms with Crippen LogP contribution in [-0.4, -0.2) is 0 Å². The molecule has 106 valence electrons. The summed E-state index contributed by atoms with van der Waals surface area (Å²) in [5.74, 6) is 1.41. The Bertz CT molecular complexity index is 822. The van der Waals surface area contributed by atoms with Crippen molar-refractivity contribution in [3.8, 4) is 23.0 Å². The predicted octanol–water partition coefficient (Wildman–Crippen LogP) is 7.09. The Morgan fingerprint density at radius 3 is 2.14 bits per heavy atom. The molecule has 3 rings (SSSR count). The molecule has 0 unspecified atom stereocenters. The number of ether oxygens (including phenoxy) is 2. The first-order valence-corrected chi connectivity index (χ1v) is 7.64. The van der Waals surface area contributed by atoms with Crippen LogP contribution in [0.1, 0.15) is 0 Å². The van der Waals surface area contributed by atoms with E-state index in [-0.39, 0.29) is 11.4 Å². The van der Waals surface area contributed by atoms with Gasteiger partial charge in [-0.05, 0) is 28.1 Å². The molecule has 1 aliphatic rings. The van der Waals surface area contributed by atoms with Gasteiger partial charge in [-0.2, -0.15) is 0 Å². The molecule has 0 aliphatic carbocycles. The third kappa shape index (κ3) is 2.58. The molecule has 0 bridgehead atoms. The molecule has 21 heavy (non-hydrogen) atoms. The van der Waals surface area contributed by atoms with Crippen LogP contribution in [0.3, 0.4) is 0 Å². The van der Waals surface area contributed by atoms with Gasteiger partial charge in [-0.25, -0.2) is 0 Å². The lowest BCUT2D eigenvalue weighted by atomic mass is 10.2. The number of hydrogen-bond donors (Lipinski definition) is 0. The Hall–Kier alpha value is -1.05. The third-order valence-corrected chi connectivity index (χ3v) is 5.11. The van der Waals surface area contributed by atoms with E-state index in [0.717, 1.165) is 0 Å². The molecular formula is C12H3Cl3IN3O2. The maximum Gasteiger partial charge on any atom is 0.180 e. The summed E-state index contributed by atoms with van der Waals surface area (Å²) in [4.78, 5) is 2.78. The van der Waals surface area contributed by atoms with Crippen molar-refractivity contribution in [2.24, 2.45) is 5.11 Å². The van der Waals surface area contributed by atoms with Crippen molar-refractivity contribution in [2.45, 2.75) is 0 Å². The van der Waals surface area contributed by atoms with Crippen molar-refractivity contribution in [1.29, 1.82) is 0 Å². The van der Waals surface area contributed by atoms with Gasteiger partial charge in [0.15, 0.2) is 23.0 Å². The van der Waals surface area contributed by atoms with Crippen LogP contribution in [0.5, 0.6) is 23.0 Å². The smallest absolute Gasteiger partial charge is 0.180 e. The summed E-state index contributed by atoms with van der Waals surface area (Å²) >= 11 is 20.0. The molecule has 0 saturated carbocycles. The molecule has 0 atom stereocenters. The van der Waals surface area contributed by atoms with E-state index in [9.17, 15) is 0 Å². The van der Waals surface area contributed by atoms with E-state index >= 15 is 0 Å². The highest BCUT2D eigenvalue weighted by atomic mass is 127. The zero-order valence-corrected chi connectivity index (χ0v) is 14.3. The lowest BCUT2D eigenvalue weighted by Gasteiger charge is -2.23. The second kappa shape index (κ2) is 5.62. The van der Waals surface area contributed by atoms with Gasteiger partial charge in [0.2, 0.25) is 0 Å². The molecule has 0 spiro atoms. The molecule has 0 amide bonds. The quantitative estimate of drug-likeness (QED) is 0.170. The van der Waals surface area contributed by atoms with Crippen molar-refractivity contribution < 1.29 is 9.47 Å². The summed E-state index contributed by atoms with van der Waals surface area (Å²) < 4.78 is 12.0. The molecular weight excluding hydrogens is 451 g/mol. The SMILES string of the molecule is [N-]=[N+]=Nc1c(I)c(Cl)cc2c1Oc1cc(Cl)c(Cl)cc1O2. The molecule has 1 heterocycles. The normalized spacial score (nSPS) is 11.6. The molecule has 0 saturated heterocycles. The molecule has 0 N–H and O–H groups in total. The molecule has 0 fully saturated rings. The number of azide groups is 1. The van der Waals surface area contributed by atoms with E-state index in [2.05, 4.69) is 10.0 Å². The highest BCUT2D eigenvalue weighted by Gasteiger charge is 2.25. The van der Waals surface area contributed by atoms with Gasteiger partial charge in [0.1, 0.15) is 0 Å². The van der Waals surface area contributed by atoms with Gasteiger partial charge in [-0.1, -0.05) is 39.9 Å². The van der Waals surface area contributed by atoms with Gasteiger partial charge < -0.3 is 9.47 Å². The number of halogens is 4. The van der Waals surface area contributed by atoms with Crippen LogP contribution in [0.25, 0.3) is 10.4 Å². The average Bonchev–Trinajstić information content (AvgIpc) is 2.44. The van der Waals surface area contributed by atoms with E-state index in [1.54, 1.807) is 12.1 Å². The minimum atomic E-state index is 0.261. The van der Waals surface area contributed by atoms with Crippen molar-refractivity contribution >= 4 is 63.1 Å². The van der Waals surface area contributed by atoms with Crippen molar-refractivity contribution in [3.63, 3.8) is 0 Å². The number of benzene rings is 2. The maximum atomic E-state index is 8.69. The van der Waals surface area contributed by atoms with Crippen LogP contribution >= 0.6 is 57.4 Å².